The quantitative estimate of drug-likeness (QED) is 0.661. The summed E-state index contributed by atoms with van der Waals surface area (Å²) in [5, 5.41) is 8.41. The van der Waals surface area contributed by atoms with Crippen molar-refractivity contribution in [1.29, 1.82) is 0 Å². The van der Waals surface area contributed by atoms with Crippen molar-refractivity contribution in [2.24, 2.45) is 16.6 Å². The standard InChI is InChI=1S/C24H32N6O2/c1-16-12-17(15-29(2)11-10-25)20(24(32)28-16)13-26-23(31)19-8-5-9-22-21(19)14-27-30(22)18-6-3-4-7-18/h5,8-9,12,14,18,20H,3-4,6-7,10-11,13,15,25H2,1-2H3,(H,26,31). The third kappa shape index (κ3) is 4.66. The number of allylic oxidation sites excluding steroid dienone is 1. The summed E-state index contributed by atoms with van der Waals surface area (Å²) in [6.07, 6.45) is 8.43. The van der Waals surface area contributed by atoms with Crippen LogP contribution in [0.1, 0.15) is 49.0 Å². The molecule has 3 N–H and O–H groups in total. The van der Waals surface area contributed by atoms with Crippen LogP contribution in [0, 0.1) is 5.92 Å². The highest BCUT2D eigenvalue weighted by Gasteiger charge is 2.28. The van der Waals surface area contributed by atoms with Gasteiger partial charge in [0, 0.05) is 37.3 Å². The van der Waals surface area contributed by atoms with E-state index >= 15 is 0 Å². The van der Waals surface area contributed by atoms with Crippen molar-refractivity contribution in [3.8, 4) is 0 Å². The summed E-state index contributed by atoms with van der Waals surface area (Å²) in [7, 11) is 1.97. The largest absolute Gasteiger partial charge is 0.351 e. The maximum absolute atomic E-state index is 13.1. The second kappa shape index (κ2) is 9.75. The molecule has 4 rings (SSSR count). The molecule has 2 aromatic rings. The van der Waals surface area contributed by atoms with Gasteiger partial charge in [-0.05, 0) is 50.6 Å². The van der Waals surface area contributed by atoms with Crippen LogP contribution in [0.4, 0.5) is 0 Å². The Morgan fingerprint density at radius 3 is 2.84 bits per heavy atom. The third-order valence-electron chi connectivity index (χ3n) is 6.41. The molecule has 1 saturated carbocycles. The number of hydrogen-bond acceptors (Lipinski definition) is 5. The number of benzene rings is 1. The van der Waals surface area contributed by atoms with Gasteiger partial charge in [0.1, 0.15) is 0 Å². The van der Waals surface area contributed by atoms with Gasteiger partial charge < -0.3 is 16.0 Å². The van der Waals surface area contributed by atoms with E-state index in [-0.39, 0.29) is 18.4 Å². The van der Waals surface area contributed by atoms with Gasteiger partial charge in [-0.2, -0.15) is 5.10 Å². The van der Waals surface area contributed by atoms with Gasteiger partial charge in [0.15, 0.2) is 0 Å². The molecule has 2 heterocycles. The first-order valence-corrected chi connectivity index (χ1v) is 11.4. The summed E-state index contributed by atoms with van der Waals surface area (Å²) >= 11 is 0. The van der Waals surface area contributed by atoms with E-state index < -0.39 is 5.92 Å². The maximum Gasteiger partial charge on any atom is 0.254 e. The van der Waals surface area contributed by atoms with Crippen LogP contribution in [0.2, 0.25) is 0 Å². The summed E-state index contributed by atoms with van der Waals surface area (Å²) < 4.78 is 2.06. The molecule has 1 aliphatic carbocycles. The van der Waals surface area contributed by atoms with E-state index in [1.54, 1.807) is 6.20 Å². The fraction of sp³-hybridized carbons (Fsp3) is 0.500. The Morgan fingerprint density at radius 2 is 2.09 bits per heavy atom. The molecular weight excluding hydrogens is 404 g/mol. The van der Waals surface area contributed by atoms with Crippen LogP contribution in [0.3, 0.4) is 0 Å². The van der Waals surface area contributed by atoms with Crippen molar-refractivity contribution < 1.29 is 9.59 Å². The van der Waals surface area contributed by atoms with E-state index in [9.17, 15) is 9.59 Å². The van der Waals surface area contributed by atoms with Gasteiger partial charge in [-0.15, -0.1) is 0 Å². The molecule has 1 fully saturated rings. The van der Waals surface area contributed by atoms with Crippen molar-refractivity contribution in [3.05, 3.63) is 41.6 Å². The van der Waals surface area contributed by atoms with Crippen LogP contribution >= 0.6 is 0 Å². The number of carbonyl (C=O) groups is 2. The number of dihydropyridines is 1. The van der Waals surface area contributed by atoms with E-state index in [1.807, 2.05) is 38.2 Å². The predicted octanol–water partition coefficient (Wildman–Crippen LogP) is 2.32. The lowest BCUT2D eigenvalue weighted by atomic mass is 9.93. The summed E-state index contributed by atoms with van der Waals surface area (Å²) in [5.41, 5.74) is 8.87. The number of nitrogens with two attached hydrogens (primary N) is 1. The van der Waals surface area contributed by atoms with E-state index in [0.717, 1.165) is 35.9 Å². The molecular formula is C24H32N6O2. The highest BCUT2D eigenvalue weighted by Crippen LogP contribution is 2.32. The fourth-order valence-corrected chi connectivity index (χ4v) is 4.80. The van der Waals surface area contributed by atoms with Gasteiger partial charge in [-0.25, -0.2) is 4.99 Å². The average Bonchev–Trinajstić information content (AvgIpc) is 3.42. The normalized spacial score (nSPS) is 19.5. The summed E-state index contributed by atoms with van der Waals surface area (Å²) in [6.45, 7) is 3.92. The van der Waals surface area contributed by atoms with Crippen LogP contribution in [0.25, 0.3) is 10.9 Å². The average molecular weight is 437 g/mol. The second-order valence-electron chi connectivity index (χ2n) is 8.87. The lowest BCUT2D eigenvalue weighted by Crippen LogP contribution is -2.38. The van der Waals surface area contributed by atoms with Gasteiger partial charge in [0.25, 0.3) is 11.8 Å². The number of aromatic nitrogens is 2. The molecule has 8 nitrogen and oxygen atoms in total. The zero-order valence-electron chi connectivity index (χ0n) is 18.9. The second-order valence-corrected chi connectivity index (χ2v) is 8.87. The Kier molecular flexibility index (Phi) is 6.81. The third-order valence-corrected chi connectivity index (χ3v) is 6.41. The van der Waals surface area contributed by atoms with Gasteiger partial charge >= 0.3 is 0 Å². The van der Waals surface area contributed by atoms with E-state index in [2.05, 4.69) is 25.0 Å². The lowest BCUT2D eigenvalue weighted by Gasteiger charge is -2.25. The molecule has 0 spiro atoms. The molecule has 170 valence electrons. The van der Waals surface area contributed by atoms with Crippen molar-refractivity contribution in [2.45, 2.75) is 38.6 Å². The highest BCUT2D eigenvalue weighted by atomic mass is 16.2. The van der Waals surface area contributed by atoms with Crippen molar-refractivity contribution in [3.63, 3.8) is 0 Å². The number of aliphatic imine (C=N–C) groups is 1. The monoisotopic (exact) mass is 436 g/mol. The fourth-order valence-electron chi connectivity index (χ4n) is 4.80. The zero-order chi connectivity index (χ0) is 22.7. The molecule has 1 atom stereocenters. The molecule has 2 aliphatic rings. The molecule has 8 heteroatoms. The summed E-state index contributed by atoms with van der Waals surface area (Å²) in [6, 6.07) is 6.14. The predicted molar refractivity (Wildman–Crippen MR) is 126 cm³/mol. The Labute approximate surface area is 188 Å². The number of rotatable bonds is 8. The minimum Gasteiger partial charge on any atom is -0.351 e. The van der Waals surface area contributed by atoms with Crippen molar-refractivity contribution in [1.82, 2.24) is 20.0 Å². The minimum absolute atomic E-state index is 0.199. The number of hydrogen-bond donors (Lipinski definition) is 2. The number of carbonyl (C=O) groups excluding carboxylic acids is 2. The first kappa shape index (κ1) is 22.4. The van der Waals surface area contributed by atoms with Gasteiger partial charge in [-0.3, -0.25) is 14.3 Å². The number of nitrogens with zero attached hydrogens (tertiary/aromatic N) is 4. The SMILES string of the molecule is CC1=NC(=O)C(CNC(=O)c2cccc3c2cnn3C2CCCC2)C(CN(C)CCN)=C1. The molecule has 0 bridgehead atoms. The Morgan fingerprint density at radius 1 is 1.31 bits per heavy atom. The maximum atomic E-state index is 13.1. The van der Waals surface area contributed by atoms with Gasteiger partial charge in [0.2, 0.25) is 0 Å². The van der Waals surface area contributed by atoms with Gasteiger partial charge in [-0.1, -0.05) is 18.9 Å². The van der Waals surface area contributed by atoms with E-state index in [0.29, 0.717) is 30.4 Å². The van der Waals surface area contributed by atoms with E-state index in [4.69, 9.17) is 5.73 Å². The zero-order valence-corrected chi connectivity index (χ0v) is 18.9. The molecule has 0 saturated heterocycles. The minimum atomic E-state index is -0.469. The Hall–Kier alpha value is -2.84. The van der Waals surface area contributed by atoms with E-state index in [1.165, 1.54) is 12.8 Å². The number of amides is 2. The smallest absolute Gasteiger partial charge is 0.254 e. The number of fused-ring (bicyclic) bond motifs is 1. The molecule has 1 unspecified atom stereocenters. The van der Waals surface area contributed by atoms with Gasteiger partial charge in [0.05, 0.1) is 29.2 Å². The molecule has 2 amide bonds. The molecule has 1 aromatic carbocycles. The molecule has 1 aliphatic heterocycles. The van der Waals surface area contributed by atoms with Crippen LogP contribution in [0.15, 0.2) is 41.0 Å². The van der Waals surface area contributed by atoms with Crippen LogP contribution in [-0.4, -0.2) is 65.4 Å². The topological polar surface area (TPSA) is 106 Å². The van der Waals surface area contributed by atoms with Crippen LogP contribution in [-0.2, 0) is 4.79 Å². The molecule has 0 radical (unpaired) electrons. The molecule has 32 heavy (non-hydrogen) atoms. The first-order valence-electron chi connectivity index (χ1n) is 11.4. The number of likely N-dealkylation sites (N-methyl/N-ethyl adjacent to an activating group) is 1. The molecule has 1 aromatic heterocycles. The summed E-state index contributed by atoms with van der Waals surface area (Å²) in [5.74, 6) is -0.882. The summed E-state index contributed by atoms with van der Waals surface area (Å²) in [4.78, 5) is 31.9. The lowest BCUT2D eigenvalue weighted by molar-refractivity contribution is -0.120. The van der Waals surface area contributed by atoms with Crippen LogP contribution < -0.4 is 11.1 Å². The highest BCUT2D eigenvalue weighted by molar-refractivity contribution is 6.07. The Balaban J connectivity index is 1.49. The first-order chi connectivity index (χ1) is 15.5. The van der Waals surface area contributed by atoms with Crippen molar-refractivity contribution >= 4 is 28.4 Å². The number of nitrogens with one attached hydrogen (secondary N) is 1. The van der Waals surface area contributed by atoms with Crippen LogP contribution in [0.5, 0.6) is 0 Å². The Bertz CT molecular complexity index is 1060. The van der Waals surface area contributed by atoms with Crippen molar-refractivity contribution in [2.75, 3.05) is 33.2 Å².